The summed E-state index contributed by atoms with van der Waals surface area (Å²) in [7, 11) is 1.61. The number of rotatable bonds is 4. The number of methoxy groups -OCH3 is 1. The third-order valence-electron chi connectivity index (χ3n) is 2.74. The third kappa shape index (κ3) is 4.74. The molecule has 19 heavy (non-hydrogen) atoms. The molecule has 2 nitrogen and oxygen atoms in total. The minimum absolute atomic E-state index is 0.0470. The molecule has 0 aliphatic carbocycles. The van der Waals surface area contributed by atoms with Gasteiger partial charge in [0.2, 0.25) is 0 Å². The Morgan fingerprint density at radius 3 is 1.95 bits per heavy atom. The number of Topliss-reactive ketones (excluding diaryl/α,β-unsaturated/α-hetero) is 1. The van der Waals surface area contributed by atoms with Gasteiger partial charge in [0.25, 0.3) is 0 Å². The fourth-order valence-corrected chi connectivity index (χ4v) is 1.59. The number of carbonyl (C=O) groups excluding carboxylic acids is 1. The fraction of sp³-hybridized carbons (Fsp3) is 0.353. The molecule has 1 rings (SSSR count). The number of ether oxygens (including phenoxy) is 1. The van der Waals surface area contributed by atoms with Gasteiger partial charge in [0, 0.05) is 11.1 Å². The van der Waals surface area contributed by atoms with Crippen molar-refractivity contribution in [3.05, 3.63) is 53.1 Å². The van der Waals surface area contributed by atoms with Crippen LogP contribution < -0.4 is 4.74 Å². The molecular weight excluding hydrogens is 236 g/mol. The van der Waals surface area contributed by atoms with Crippen LogP contribution in [0.5, 0.6) is 5.75 Å². The van der Waals surface area contributed by atoms with Gasteiger partial charge in [-0.3, -0.25) is 4.79 Å². The number of hydrogen-bond donors (Lipinski definition) is 0. The highest BCUT2D eigenvalue weighted by molar-refractivity contribution is 6.11. The van der Waals surface area contributed by atoms with Crippen LogP contribution in [0.25, 0.3) is 0 Å². The molecule has 0 heterocycles. The van der Waals surface area contributed by atoms with E-state index in [0.717, 1.165) is 16.9 Å². The fourth-order valence-electron chi connectivity index (χ4n) is 1.59. The first-order chi connectivity index (χ1) is 9.13. The topological polar surface area (TPSA) is 26.3 Å². The van der Waals surface area contributed by atoms with Crippen LogP contribution in [0.3, 0.4) is 0 Å². The third-order valence-corrected chi connectivity index (χ3v) is 2.74. The van der Waals surface area contributed by atoms with Crippen molar-refractivity contribution in [1.82, 2.24) is 0 Å². The Morgan fingerprint density at radius 1 is 1.05 bits per heavy atom. The molecule has 0 aliphatic heterocycles. The number of allylic oxidation sites excluding steroid dienone is 4. The van der Waals surface area contributed by atoms with E-state index in [-0.39, 0.29) is 5.78 Å². The van der Waals surface area contributed by atoms with Gasteiger partial charge >= 0.3 is 0 Å². The van der Waals surface area contributed by atoms with Crippen molar-refractivity contribution in [1.29, 1.82) is 0 Å². The van der Waals surface area contributed by atoms with Crippen molar-refractivity contribution in [2.45, 2.75) is 34.6 Å². The van der Waals surface area contributed by atoms with Gasteiger partial charge in [0.05, 0.1) is 7.11 Å². The highest BCUT2D eigenvalue weighted by Gasteiger charge is 2.12. The summed E-state index contributed by atoms with van der Waals surface area (Å²) in [4.78, 5) is 12.2. The molecule has 0 atom stereocenters. The number of carbonyl (C=O) groups is 1. The Labute approximate surface area is 116 Å². The summed E-state index contributed by atoms with van der Waals surface area (Å²) < 4.78 is 5.07. The van der Waals surface area contributed by atoms with E-state index < -0.39 is 0 Å². The van der Waals surface area contributed by atoms with Crippen LogP contribution in [0.2, 0.25) is 0 Å². The monoisotopic (exact) mass is 260 g/mol. The van der Waals surface area contributed by atoms with E-state index in [2.05, 4.69) is 0 Å². The predicted octanol–water partition coefficient (Wildman–Crippen LogP) is 4.82. The molecule has 0 radical (unpaired) electrons. The van der Waals surface area contributed by atoms with Crippen LogP contribution in [0.4, 0.5) is 0 Å². The molecule has 0 amide bonds. The molecule has 1 aromatic carbocycles. The quantitative estimate of drug-likeness (QED) is 0.441. The van der Waals surface area contributed by atoms with Crippen molar-refractivity contribution >= 4 is 5.78 Å². The number of hydrogen-bond acceptors (Lipinski definition) is 2. The van der Waals surface area contributed by atoms with E-state index in [9.17, 15) is 4.79 Å². The van der Waals surface area contributed by atoms with Gasteiger partial charge in [0.1, 0.15) is 5.75 Å². The van der Waals surface area contributed by atoms with Crippen LogP contribution in [0.15, 0.2) is 47.6 Å². The Bertz CT molecular complexity index is 451. The number of ketones is 1. The van der Waals surface area contributed by atoms with E-state index in [1.54, 1.807) is 31.4 Å². The number of benzene rings is 1. The van der Waals surface area contributed by atoms with Gasteiger partial charge in [-0.05, 0) is 50.6 Å². The zero-order valence-electron chi connectivity index (χ0n) is 12.8. The lowest BCUT2D eigenvalue weighted by Gasteiger charge is -2.07. The van der Waals surface area contributed by atoms with E-state index in [4.69, 9.17) is 4.74 Å². The molecule has 2 heteroatoms. The molecule has 0 unspecified atom stereocenters. The first-order valence-electron chi connectivity index (χ1n) is 6.62. The van der Waals surface area contributed by atoms with E-state index >= 15 is 0 Å². The molecule has 0 fully saturated rings. The lowest BCUT2D eigenvalue weighted by atomic mass is 9.97. The van der Waals surface area contributed by atoms with Gasteiger partial charge in [-0.1, -0.05) is 26.0 Å². The Hall–Kier alpha value is -1.83. The van der Waals surface area contributed by atoms with Crippen LogP contribution in [0, 0.1) is 0 Å². The van der Waals surface area contributed by atoms with Crippen molar-refractivity contribution in [2.24, 2.45) is 0 Å². The Morgan fingerprint density at radius 2 is 1.58 bits per heavy atom. The first-order valence-corrected chi connectivity index (χ1v) is 6.62. The van der Waals surface area contributed by atoms with Crippen LogP contribution in [-0.2, 0) is 0 Å². The van der Waals surface area contributed by atoms with E-state index in [1.807, 2.05) is 46.8 Å². The molecule has 1 aromatic rings. The molecule has 0 bridgehead atoms. The summed E-state index contributed by atoms with van der Waals surface area (Å²) >= 11 is 0. The second-order valence-corrected chi connectivity index (χ2v) is 3.73. The zero-order valence-corrected chi connectivity index (χ0v) is 12.8. The van der Waals surface area contributed by atoms with Crippen molar-refractivity contribution in [3.63, 3.8) is 0 Å². The minimum atomic E-state index is 0.0470. The van der Waals surface area contributed by atoms with Crippen LogP contribution in [-0.4, -0.2) is 12.9 Å². The smallest absolute Gasteiger partial charge is 0.192 e. The standard InChI is InChI=1S/C15H18O2.C2H6/c1-5-11(3)14(6-2)15(16)12-7-9-13(17-4)10-8-12;1-2/h5-10H,1-4H3;1-2H3/b11-5+,14-6-;. The molecule has 0 saturated carbocycles. The lowest BCUT2D eigenvalue weighted by molar-refractivity contribution is 0.103. The van der Waals surface area contributed by atoms with Crippen LogP contribution >= 0.6 is 0 Å². The van der Waals surface area contributed by atoms with Gasteiger partial charge in [-0.2, -0.15) is 0 Å². The highest BCUT2D eigenvalue weighted by Crippen LogP contribution is 2.18. The maximum Gasteiger partial charge on any atom is 0.192 e. The Balaban J connectivity index is 0.00000154. The lowest BCUT2D eigenvalue weighted by Crippen LogP contribution is -2.04. The SMILES string of the molecule is C/C=C(C(=O)c1ccc(OC)cc1)/C(C)=C/C.CC. The van der Waals surface area contributed by atoms with Gasteiger partial charge in [0.15, 0.2) is 5.78 Å². The minimum Gasteiger partial charge on any atom is -0.497 e. The van der Waals surface area contributed by atoms with Crippen molar-refractivity contribution in [2.75, 3.05) is 7.11 Å². The molecule has 0 spiro atoms. The van der Waals surface area contributed by atoms with Gasteiger partial charge < -0.3 is 4.74 Å². The maximum atomic E-state index is 12.2. The first kappa shape index (κ1) is 17.2. The van der Waals surface area contributed by atoms with Gasteiger partial charge in [-0.25, -0.2) is 0 Å². The van der Waals surface area contributed by atoms with Crippen molar-refractivity contribution in [3.8, 4) is 5.75 Å². The summed E-state index contributed by atoms with van der Waals surface area (Å²) in [5.74, 6) is 0.803. The summed E-state index contributed by atoms with van der Waals surface area (Å²) in [6.07, 6.45) is 3.79. The summed E-state index contributed by atoms with van der Waals surface area (Å²) in [6, 6.07) is 7.16. The Kier molecular flexibility index (Phi) is 8.27. The second kappa shape index (κ2) is 9.15. The van der Waals surface area contributed by atoms with Gasteiger partial charge in [-0.15, -0.1) is 0 Å². The molecule has 0 aromatic heterocycles. The average molecular weight is 260 g/mol. The molecule has 0 saturated heterocycles. The molecule has 0 N–H and O–H groups in total. The largest absolute Gasteiger partial charge is 0.497 e. The summed E-state index contributed by atoms with van der Waals surface area (Å²) in [5.41, 5.74) is 2.42. The molecule has 104 valence electrons. The molecular formula is C17H24O2. The second-order valence-electron chi connectivity index (χ2n) is 3.73. The normalized spacial score (nSPS) is 11.5. The summed E-state index contributed by atoms with van der Waals surface area (Å²) in [5, 5.41) is 0. The molecule has 0 aliphatic rings. The highest BCUT2D eigenvalue weighted by atomic mass is 16.5. The zero-order chi connectivity index (χ0) is 14.8. The summed E-state index contributed by atoms with van der Waals surface area (Å²) in [6.45, 7) is 9.75. The predicted molar refractivity (Wildman–Crippen MR) is 81.9 cm³/mol. The van der Waals surface area contributed by atoms with E-state index in [0.29, 0.717) is 5.56 Å². The van der Waals surface area contributed by atoms with Crippen molar-refractivity contribution < 1.29 is 9.53 Å². The van der Waals surface area contributed by atoms with E-state index in [1.165, 1.54) is 0 Å². The maximum absolute atomic E-state index is 12.2. The van der Waals surface area contributed by atoms with Crippen LogP contribution in [0.1, 0.15) is 45.0 Å². The average Bonchev–Trinajstić information content (AvgIpc) is 2.49.